The first kappa shape index (κ1) is 13.9. The normalized spacial score (nSPS) is 16.3. The van der Waals surface area contributed by atoms with Crippen LogP contribution in [-0.2, 0) is 9.53 Å². The molecular formula is C13H16F2N2O2. The number of amides is 1. The van der Waals surface area contributed by atoms with Crippen LogP contribution in [0.3, 0.4) is 0 Å². The fraction of sp³-hybridized carbons (Fsp3) is 0.462. The minimum absolute atomic E-state index is 0.0457. The molecule has 6 heteroatoms. The molecule has 1 fully saturated rings. The maximum absolute atomic E-state index is 13.3. The molecule has 1 aliphatic rings. The monoisotopic (exact) mass is 270 g/mol. The minimum Gasteiger partial charge on any atom is -0.368 e. The second kappa shape index (κ2) is 6.58. The first-order chi connectivity index (χ1) is 9.16. The van der Waals surface area contributed by atoms with Gasteiger partial charge in [0.25, 0.3) is 0 Å². The highest BCUT2D eigenvalue weighted by Crippen LogP contribution is 2.16. The van der Waals surface area contributed by atoms with Gasteiger partial charge in [-0.1, -0.05) is 6.07 Å². The van der Waals surface area contributed by atoms with E-state index >= 15 is 0 Å². The predicted molar refractivity (Wildman–Crippen MR) is 66.8 cm³/mol. The third kappa shape index (κ3) is 3.97. The number of halogens is 2. The molecule has 0 unspecified atom stereocenters. The van der Waals surface area contributed by atoms with Gasteiger partial charge in [-0.2, -0.15) is 0 Å². The maximum atomic E-state index is 13.3. The van der Waals surface area contributed by atoms with Gasteiger partial charge >= 0.3 is 0 Å². The van der Waals surface area contributed by atoms with Crippen LogP contribution in [-0.4, -0.2) is 31.7 Å². The lowest BCUT2D eigenvalue weighted by Gasteiger charge is -2.22. The molecule has 0 spiro atoms. The zero-order valence-electron chi connectivity index (χ0n) is 10.4. The number of anilines is 1. The van der Waals surface area contributed by atoms with Gasteiger partial charge in [0.15, 0.2) is 11.6 Å². The predicted octanol–water partition coefficient (Wildman–Crippen LogP) is 1.67. The number of hydrogen-bond acceptors (Lipinski definition) is 3. The molecule has 1 heterocycles. The Labute approximate surface area is 110 Å². The summed E-state index contributed by atoms with van der Waals surface area (Å²) in [4.78, 5) is 11.6. The smallest absolute Gasteiger partial charge is 0.250 e. The quantitative estimate of drug-likeness (QED) is 0.875. The van der Waals surface area contributed by atoms with Crippen molar-refractivity contribution < 1.29 is 18.3 Å². The number of ether oxygens (including phenoxy) is 1. The van der Waals surface area contributed by atoms with Gasteiger partial charge in [-0.15, -0.1) is 0 Å². The van der Waals surface area contributed by atoms with E-state index in [1.165, 1.54) is 12.1 Å². The Balaban J connectivity index is 1.82. The van der Waals surface area contributed by atoms with Gasteiger partial charge in [0.05, 0.1) is 11.8 Å². The summed E-state index contributed by atoms with van der Waals surface area (Å²) in [5, 5.41) is 5.48. The van der Waals surface area contributed by atoms with Crippen molar-refractivity contribution >= 4 is 11.6 Å². The summed E-state index contributed by atoms with van der Waals surface area (Å²) in [6.07, 6.45) is 1.74. The molecule has 19 heavy (non-hydrogen) atoms. The zero-order chi connectivity index (χ0) is 13.7. The van der Waals surface area contributed by atoms with Gasteiger partial charge in [-0.05, 0) is 38.1 Å². The first-order valence-corrected chi connectivity index (χ1v) is 6.23. The van der Waals surface area contributed by atoms with Crippen molar-refractivity contribution in [3.63, 3.8) is 0 Å². The van der Waals surface area contributed by atoms with Gasteiger partial charge < -0.3 is 15.4 Å². The molecule has 0 aromatic heterocycles. The number of nitrogens with one attached hydrogen (secondary N) is 2. The van der Waals surface area contributed by atoms with E-state index in [0.29, 0.717) is 0 Å². The molecule has 0 aliphatic carbocycles. The molecule has 1 aromatic rings. The van der Waals surface area contributed by atoms with E-state index in [4.69, 9.17) is 4.74 Å². The molecule has 0 bridgehead atoms. The molecule has 104 valence electrons. The van der Waals surface area contributed by atoms with Crippen LogP contribution >= 0.6 is 0 Å². The zero-order valence-corrected chi connectivity index (χ0v) is 10.4. The average Bonchev–Trinajstić information content (AvgIpc) is 2.43. The van der Waals surface area contributed by atoms with Gasteiger partial charge in [0.1, 0.15) is 6.61 Å². The third-order valence-corrected chi connectivity index (χ3v) is 2.96. The van der Waals surface area contributed by atoms with E-state index in [0.717, 1.165) is 32.0 Å². The largest absolute Gasteiger partial charge is 0.368 e. The lowest BCUT2D eigenvalue weighted by molar-refractivity contribution is -0.123. The minimum atomic E-state index is -1.06. The van der Waals surface area contributed by atoms with E-state index in [-0.39, 0.29) is 18.4 Å². The first-order valence-electron chi connectivity index (χ1n) is 6.23. The van der Waals surface area contributed by atoms with Crippen molar-refractivity contribution in [3.05, 3.63) is 29.8 Å². The average molecular weight is 270 g/mol. The van der Waals surface area contributed by atoms with Gasteiger partial charge in [-0.25, -0.2) is 8.78 Å². The second-order valence-corrected chi connectivity index (χ2v) is 4.41. The van der Waals surface area contributed by atoms with E-state index in [2.05, 4.69) is 10.6 Å². The SMILES string of the molecule is O=C(COC1CCNCC1)Nc1cccc(F)c1F. The lowest BCUT2D eigenvalue weighted by Crippen LogP contribution is -2.34. The van der Waals surface area contributed by atoms with Gasteiger partial charge in [0, 0.05) is 0 Å². The van der Waals surface area contributed by atoms with Crippen molar-refractivity contribution in [2.24, 2.45) is 0 Å². The topological polar surface area (TPSA) is 50.4 Å². The molecule has 2 N–H and O–H groups in total. The highest BCUT2D eigenvalue weighted by molar-refractivity contribution is 5.91. The number of hydrogen-bond donors (Lipinski definition) is 2. The van der Waals surface area contributed by atoms with Crippen LogP contribution in [0.4, 0.5) is 14.5 Å². The van der Waals surface area contributed by atoms with Crippen molar-refractivity contribution in [1.29, 1.82) is 0 Å². The standard InChI is InChI=1S/C13H16F2N2O2/c14-10-2-1-3-11(13(10)15)17-12(18)8-19-9-4-6-16-7-5-9/h1-3,9,16H,4-8H2,(H,17,18). The Morgan fingerprint density at radius 2 is 2.11 bits per heavy atom. The molecule has 4 nitrogen and oxygen atoms in total. The fourth-order valence-electron chi connectivity index (χ4n) is 1.94. The highest BCUT2D eigenvalue weighted by Gasteiger charge is 2.16. The molecule has 0 atom stereocenters. The fourth-order valence-corrected chi connectivity index (χ4v) is 1.94. The summed E-state index contributed by atoms with van der Waals surface area (Å²) in [7, 11) is 0. The summed E-state index contributed by atoms with van der Waals surface area (Å²) in [5.41, 5.74) is -0.168. The van der Waals surface area contributed by atoms with Crippen LogP contribution in [0.2, 0.25) is 0 Å². The number of carbonyl (C=O) groups excluding carboxylic acids is 1. The van der Waals surface area contributed by atoms with Crippen LogP contribution in [0.5, 0.6) is 0 Å². The summed E-state index contributed by atoms with van der Waals surface area (Å²) in [5.74, 6) is -2.53. The Bertz CT molecular complexity index is 448. The summed E-state index contributed by atoms with van der Waals surface area (Å²) < 4.78 is 31.7. The summed E-state index contributed by atoms with van der Waals surface area (Å²) in [6.45, 7) is 1.58. The lowest BCUT2D eigenvalue weighted by atomic mass is 10.1. The van der Waals surface area contributed by atoms with Crippen LogP contribution in [0.1, 0.15) is 12.8 Å². The van der Waals surface area contributed by atoms with Crippen molar-refractivity contribution in [1.82, 2.24) is 5.32 Å². The number of piperidine rings is 1. The molecule has 1 aromatic carbocycles. The highest BCUT2D eigenvalue weighted by atomic mass is 19.2. The van der Waals surface area contributed by atoms with Gasteiger partial charge in [-0.3, -0.25) is 4.79 Å². The number of carbonyl (C=O) groups is 1. The van der Waals surface area contributed by atoms with Gasteiger partial charge in [0.2, 0.25) is 5.91 Å². The third-order valence-electron chi connectivity index (χ3n) is 2.96. The molecule has 0 saturated carbocycles. The van der Waals surface area contributed by atoms with Crippen LogP contribution in [0.25, 0.3) is 0 Å². The van der Waals surface area contributed by atoms with E-state index in [9.17, 15) is 13.6 Å². The Morgan fingerprint density at radius 1 is 1.37 bits per heavy atom. The van der Waals surface area contributed by atoms with E-state index < -0.39 is 17.5 Å². The molecule has 1 aliphatic heterocycles. The van der Waals surface area contributed by atoms with E-state index in [1.54, 1.807) is 0 Å². The number of benzene rings is 1. The van der Waals surface area contributed by atoms with E-state index in [1.807, 2.05) is 0 Å². The summed E-state index contributed by atoms with van der Waals surface area (Å²) in [6, 6.07) is 3.64. The van der Waals surface area contributed by atoms with Crippen molar-refractivity contribution in [2.75, 3.05) is 25.0 Å². The Hall–Kier alpha value is -1.53. The summed E-state index contributed by atoms with van der Waals surface area (Å²) >= 11 is 0. The molecule has 1 saturated heterocycles. The molecular weight excluding hydrogens is 254 g/mol. The number of rotatable bonds is 4. The molecule has 2 rings (SSSR count). The van der Waals surface area contributed by atoms with Crippen LogP contribution < -0.4 is 10.6 Å². The molecule has 1 amide bonds. The van der Waals surface area contributed by atoms with Crippen LogP contribution in [0, 0.1) is 11.6 Å². The molecule has 0 radical (unpaired) electrons. The maximum Gasteiger partial charge on any atom is 0.250 e. The Kier molecular flexibility index (Phi) is 4.81. The van der Waals surface area contributed by atoms with Crippen molar-refractivity contribution in [2.45, 2.75) is 18.9 Å². The van der Waals surface area contributed by atoms with Crippen LogP contribution in [0.15, 0.2) is 18.2 Å². The Morgan fingerprint density at radius 3 is 2.84 bits per heavy atom. The second-order valence-electron chi connectivity index (χ2n) is 4.41. The van der Waals surface area contributed by atoms with Crippen molar-refractivity contribution in [3.8, 4) is 0 Å².